The van der Waals surface area contributed by atoms with Gasteiger partial charge in [-0.3, -0.25) is 4.79 Å². The summed E-state index contributed by atoms with van der Waals surface area (Å²) in [5.41, 5.74) is 0.672. The van der Waals surface area contributed by atoms with Crippen molar-refractivity contribution < 1.29 is 17.9 Å². The van der Waals surface area contributed by atoms with E-state index in [1.54, 1.807) is 49.6 Å². The molecule has 2 aromatic carbocycles. The first-order valence-corrected chi connectivity index (χ1v) is 11.2. The van der Waals surface area contributed by atoms with Crippen LogP contribution in [-0.4, -0.2) is 39.5 Å². The quantitative estimate of drug-likeness (QED) is 0.652. The van der Waals surface area contributed by atoms with Crippen molar-refractivity contribution >= 4 is 27.7 Å². The van der Waals surface area contributed by atoms with Crippen molar-refractivity contribution in [2.24, 2.45) is 5.14 Å². The molecule has 0 heterocycles. The van der Waals surface area contributed by atoms with Gasteiger partial charge in [-0.2, -0.15) is 11.8 Å². The summed E-state index contributed by atoms with van der Waals surface area (Å²) in [6, 6.07) is 15.0. The van der Waals surface area contributed by atoms with Gasteiger partial charge in [0.15, 0.2) is 0 Å². The van der Waals surface area contributed by atoms with E-state index in [0.29, 0.717) is 5.56 Å². The first kappa shape index (κ1) is 23.0. The molecule has 1 amide bonds. The number of ether oxygens (including phenoxy) is 1. The number of thioether (sulfide) groups is 1. The van der Waals surface area contributed by atoms with E-state index in [9.17, 15) is 13.2 Å². The minimum Gasteiger partial charge on any atom is -0.497 e. The molecule has 0 saturated heterocycles. The minimum atomic E-state index is -3.50. The zero-order valence-corrected chi connectivity index (χ0v) is 17.2. The van der Waals surface area contributed by atoms with Gasteiger partial charge >= 0.3 is 0 Å². The highest BCUT2D eigenvalue weighted by molar-refractivity contribution is 7.99. The van der Waals surface area contributed by atoms with Gasteiger partial charge in [-0.15, -0.1) is 0 Å². The molecule has 0 aromatic heterocycles. The molecule has 0 aliphatic heterocycles. The number of nitrogens with two attached hydrogens (primary N) is 1. The van der Waals surface area contributed by atoms with E-state index < -0.39 is 10.0 Å². The number of methoxy groups -OCH3 is 1. The zero-order valence-electron chi connectivity index (χ0n) is 15.6. The van der Waals surface area contributed by atoms with Crippen LogP contribution in [0.25, 0.3) is 0 Å². The number of primary sulfonamides is 1. The monoisotopic (exact) mass is 410 g/mol. The molecule has 0 atom stereocenters. The number of hydrogen-bond donors (Lipinski definition) is 2. The van der Waals surface area contributed by atoms with E-state index in [1.165, 1.54) is 18.6 Å². The Hall–Kier alpha value is -2.03. The first-order valence-electron chi connectivity index (χ1n) is 8.46. The number of amides is 1. The van der Waals surface area contributed by atoms with Gasteiger partial charge in [-0.25, -0.2) is 13.6 Å². The third kappa shape index (κ3) is 9.46. The van der Waals surface area contributed by atoms with Crippen molar-refractivity contribution in [1.29, 1.82) is 0 Å². The molecule has 0 bridgehead atoms. The van der Waals surface area contributed by atoms with Crippen LogP contribution < -0.4 is 15.2 Å². The lowest BCUT2D eigenvalue weighted by Gasteiger charge is -2.05. The molecule has 2 rings (SSSR count). The summed E-state index contributed by atoms with van der Waals surface area (Å²) in [5, 5.41) is 7.72. The summed E-state index contributed by atoms with van der Waals surface area (Å²) in [4.78, 5) is 11.9. The van der Waals surface area contributed by atoms with Crippen LogP contribution in [0, 0.1) is 0 Å². The molecular formula is C19H26N2O4S2. The third-order valence-corrected chi connectivity index (χ3v) is 5.42. The lowest BCUT2D eigenvalue weighted by Crippen LogP contribution is -2.25. The Morgan fingerprint density at radius 2 is 1.70 bits per heavy atom. The molecule has 0 unspecified atom stereocenters. The van der Waals surface area contributed by atoms with Gasteiger partial charge < -0.3 is 10.1 Å². The smallest absolute Gasteiger partial charge is 0.251 e. The molecule has 0 fully saturated rings. The summed E-state index contributed by atoms with van der Waals surface area (Å²) < 4.78 is 26.3. The van der Waals surface area contributed by atoms with Crippen LogP contribution in [0.15, 0.2) is 59.5 Å². The lowest BCUT2D eigenvalue weighted by atomic mass is 10.2. The number of carbonyl (C=O) groups is 1. The van der Waals surface area contributed by atoms with Gasteiger partial charge in [-0.05, 0) is 48.6 Å². The summed E-state index contributed by atoms with van der Waals surface area (Å²) in [7, 11) is -1.89. The number of benzene rings is 2. The number of rotatable bonds is 8. The second-order valence-electron chi connectivity index (χ2n) is 5.45. The van der Waals surface area contributed by atoms with Crippen LogP contribution >= 0.6 is 11.8 Å². The van der Waals surface area contributed by atoms with Crippen molar-refractivity contribution in [3.8, 4) is 5.75 Å². The molecule has 6 nitrogen and oxygen atoms in total. The lowest BCUT2D eigenvalue weighted by molar-refractivity contribution is 0.0956. The summed E-state index contributed by atoms with van der Waals surface area (Å²) in [5.74, 6) is 2.86. The van der Waals surface area contributed by atoms with Crippen molar-refractivity contribution in [3.63, 3.8) is 0 Å². The number of hydrogen-bond acceptors (Lipinski definition) is 5. The fourth-order valence-electron chi connectivity index (χ4n) is 1.94. The summed E-state index contributed by atoms with van der Waals surface area (Å²) in [6.45, 7) is 2.87. The number of nitrogens with one attached hydrogen (secondary N) is 1. The SMILES string of the molecule is CCCSCCNC(=O)c1ccc(OC)cc1.NS(=O)(=O)c1ccccc1. The molecule has 3 N–H and O–H groups in total. The molecule has 8 heteroatoms. The van der Waals surface area contributed by atoms with E-state index in [2.05, 4.69) is 12.2 Å². The van der Waals surface area contributed by atoms with Gasteiger partial charge in [0, 0.05) is 17.9 Å². The maximum absolute atomic E-state index is 11.7. The number of carbonyl (C=O) groups excluding carboxylic acids is 1. The van der Waals surface area contributed by atoms with Gasteiger partial charge in [-0.1, -0.05) is 25.1 Å². The molecular weight excluding hydrogens is 384 g/mol. The highest BCUT2D eigenvalue weighted by Gasteiger charge is 2.04. The standard InChI is InChI=1S/C13H19NO2S.C6H7NO2S/c1-3-9-17-10-8-14-13(15)11-4-6-12(16-2)7-5-11;7-10(8,9)6-4-2-1-3-5-6/h4-7H,3,8-10H2,1-2H3,(H,14,15);1-5H,(H2,7,8,9). The highest BCUT2D eigenvalue weighted by atomic mass is 32.2. The normalized spacial score (nSPS) is 10.5. The van der Waals surface area contributed by atoms with Crippen molar-refractivity contribution in [3.05, 3.63) is 60.2 Å². The highest BCUT2D eigenvalue weighted by Crippen LogP contribution is 2.11. The van der Waals surface area contributed by atoms with Crippen molar-refractivity contribution in [2.75, 3.05) is 25.2 Å². The van der Waals surface area contributed by atoms with Gasteiger partial charge in [0.05, 0.1) is 12.0 Å². The predicted octanol–water partition coefficient (Wildman–Crippen LogP) is 2.90. The maximum atomic E-state index is 11.7. The topological polar surface area (TPSA) is 98.5 Å². The number of sulfonamides is 1. The fourth-order valence-corrected chi connectivity index (χ4v) is 3.21. The molecule has 0 saturated carbocycles. The molecule has 0 radical (unpaired) electrons. The molecule has 0 aliphatic rings. The van der Waals surface area contributed by atoms with Crippen LogP contribution in [0.5, 0.6) is 5.75 Å². The summed E-state index contributed by atoms with van der Waals surface area (Å²) in [6.07, 6.45) is 1.18. The van der Waals surface area contributed by atoms with Gasteiger partial charge in [0.1, 0.15) is 5.75 Å². The minimum absolute atomic E-state index is 0.0234. The van der Waals surface area contributed by atoms with E-state index in [4.69, 9.17) is 9.88 Å². The second kappa shape index (κ2) is 12.4. The van der Waals surface area contributed by atoms with Crippen LogP contribution in [0.4, 0.5) is 0 Å². The fraction of sp³-hybridized carbons (Fsp3) is 0.316. The average Bonchev–Trinajstić information content (AvgIpc) is 2.68. The van der Waals surface area contributed by atoms with E-state index in [1.807, 2.05) is 11.8 Å². The van der Waals surface area contributed by atoms with E-state index >= 15 is 0 Å². The van der Waals surface area contributed by atoms with Gasteiger partial charge in [0.25, 0.3) is 5.91 Å². The van der Waals surface area contributed by atoms with Crippen LogP contribution in [0.1, 0.15) is 23.7 Å². The van der Waals surface area contributed by atoms with Crippen molar-refractivity contribution in [1.82, 2.24) is 5.32 Å². The van der Waals surface area contributed by atoms with E-state index in [0.717, 1.165) is 23.8 Å². The zero-order chi connectivity index (χ0) is 20.1. The first-order chi connectivity index (χ1) is 12.9. The van der Waals surface area contributed by atoms with Crippen molar-refractivity contribution in [2.45, 2.75) is 18.2 Å². The Morgan fingerprint density at radius 1 is 1.07 bits per heavy atom. The maximum Gasteiger partial charge on any atom is 0.251 e. The second-order valence-corrected chi connectivity index (χ2v) is 8.24. The largest absolute Gasteiger partial charge is 0.497 e. The Labute approximate surface area is 165 Å². The van der Waals surface area contributed by atoms with E-state index in [-0.39, 0.29) is 10.8 Å². The van der Waals surface area contributed by atoms with Crippen LogP contribution in [0.3, 0.4) is 0 Å². The summed E-state index contributed by atoms with van der Waals surface area (Å²) >= 11 is 1.86. The van der Waals surface area contributed by atoms with Crippen LogP contribution in [-0.2, 0) is 10.0 Å². The molecule has 148 valence electrons. The van der Waals surface area contributed by atoms with Crippen LogP contribution in [0.2, 0.25) is 0 Å². The molecule has 27 heavy (non-hydrogen) atoms. The molecule has 0 spiro atoms. The Morgan fingerprint density at radius 3 is 2.19 bits per heavy atom. The molecule has 0 aliphatic carbocycles. The Bertz CT molecular complexity index is 779. The average molecular weight is 411 g/mol. The Kier molecular flexibility index (Phi) is 10.5. The van der Waals surface area contributed by atoms with Gasteiger partial charge in [0.2, 0.25) is 10.0 Å². The molecule has 2 aromatic rings. The third-order valence-electron chi connectivity index (χ3n) is 3.30. The Balaban J connectivity index is 0.000000309. The predicted molar refractivity (Wildman–Crippen MR) is 111 cm³/mol.